The van der Waals surface area contributed by atoms with Crippen LogP contribution in [0.15, 0.2) is 146 Å². The summed E-state index contributed by atoms with van der Waals surface area (Å²) in [4.78, 5) is 38.5. The van der Waals surface area contributed by atoms with Gasteiger partial charge in [-0.05, 0) is 158 Å². The number of phenols is 1. The molecule has 90 heavy (non-hydrogen) atoms. The van der Waals surface area contributed by atoms with E-state index in [2.05, 4.69) is 40.2 Å². The lowest BCUT2D eigenvalue weighted by atomic mass is 9.77. The monoisotopic (exact) mass is 1280 g/mol. The maximum atomic E-state index is 13.6. The van der Waals surface area contributed by atoms with E-state index in [0.29, 0.717) is 49.4 Å². The number of alkyl halides is 12. The van der Waals surface area contributed by atoms with Gasteiger partial charge in [0.1, 0.15) is 34.5 Å². The first-order valence-corrected chi connectivity index (χ1v) is 28.8. The molecule has 0 unspecified atom stereocenters. The van der Waals surface area contributed by atoms with Gasteiger partial charge in [-0.1, -0.05) is 98.5 Å². The highest BCUT2D eigenvalue weighted by Crippen LogP contribution is 2.41. The molecule has 0 aromatic heterocycles. The topological polar surface area (TPSA) is 175 Å². The minimum Gasteiger partial charge on any atom is -0.508 e. The molecule has 2 saturated carbocycles. The Balaban J connectivity index is 0.000000262. The van der Waals surface area contributed by atoms with E-state index in [-0.39, 0.29) is 58.9 Å². The van der Waals surface area contributed by atoms with Gasteiger partial charge in [0.2, 0.25) is 0 Å². The predicted octanol–water partition coefficient (Wildman–Crippen LogP) is 15.6. The first-order chi connectivity index (χ1) is 42.6. The van der Waals surface area contributed by atoms with Crippen LogP contribution in [0.3, 0.4) is 0 Å². The molecule has 0 spiro atoms. The molecule has 0 bridgehead atoms. The first-order valence-electron chi connectivity index (χ1n) is 28.8. The summed E-state index contributed by atoms with van der Waals surface area (Å²) in [6.45, 7) is 2.46. The Morgan fingerprint density at radius 1 is 0.456 bits per heavy atom. The lowest BCUT2D eigenvalue weighted by Crippen LogP contribution is -2.53. The van der Waals surface area contributed by atoms with Gasteiger partial charge in [-0.15, -0.1) is 52.7 Å². The second-order valence-corrected chi connectivity index (χ2v) is 21.4. The number of unbranched alkanes of at least 4 members (excludes halogenated alkanes) is 2. The fraction of sp³-hybridized carbons (Fsp3) is 0.391. The predicted molar refractivity (Wildman–Crippen MR) is 304 cm³/mol. The fourth-order valence-corrected chi connectivity index (χ4v) is 10.8. The molecule has 8 rings (SSSR count). The van der Waals surface area contributed by atoms with Crippen molar-refractivity contribution in [3.05, 3.63) is 179 Å². The van der Waals surface area contributed by atoms with Crippen molar-refractivity contribution < 1.29 is 101 Å². The molecule has 0 saturated heterocycles. The molecule has 2 aliphatic carbocycles. The van der Waals surface area contributed by atoms with E-state index in [0.717, 1.165) is 106 Å². The molecule has 26 heteroatoms. The summed E-state index contributed by atoms with van der Waals surface area (Å²) in [7, 11) is 0. The van der Waals surface area contributed by atoms with Crippen molar-refractivity contribution in [2.45, 2.75) is 145 Å². The number of esters is 1. The van der Waals surface area contributed by atoms with Crippen molar-refractivity contribution in [3.63, 3.8) is 0 Å². The lowest BCUT2D eigenvalue weighted by molar-refractivity contribution is -0.275. The van der Waals surface area contributed by atoms with Gasteiger partial charge in [-0.3, -0.25) is 4.79 Å². The van der Waals surface area contributed by atoms with Crippen molar-refractivity contribution >= 4 is 18.0 Å². The average molecular weight is 1280 g/mol. The average Bonchev–Trinajstić information content (AvgIpc) is 2.64. The van der Waals surface area contributed by atoms with E-state index < -0.39 is 71.6 Å². The van der Waals surface area contributed by atoms with Crippen molar-refractivity contribution in [1.29, 1.82) is 0 Å². The maximum absolute atomic E-state index is 13.6. The van der Waals surface area contributed by atoms with E-state index in [1.165, 1.54) is 72.8 Å². The van der Waals surface area contributed by atoms with Crippen LogP contribution in [0.25, 0.3) is 0 Å². The van der Waals surface area contributed by atoms with Gasteiger partial charge in [0, 0.05) is 31.3 Å². The Hall–Kier alpha value is -8.71. The molecule has 2 fully saturated rings. The van der Waals surface area contributed by atoms with Crippen LogP contribution in [-0.2, 0) is 33.5 Å². The van der Waals surface area contributed by atoms with Crippen LogP contribution in [0.4, 0.5) is 62.3 Å². The highest BCUT2D eigenvalue weighted by molar-refractivity contribution is 5.77. The molecule has 486 valence electrons. The summed E-state index contributed by atoms with van der Waals surface area (Å²) in [5, 5.41) is 21.3. The zero-order valence-electron chi connectivity index (χ0n) is 48.5. The van der Waals surface area contributed by atoms with Gasteiger partial charge in [0.15, 0.2) is 0 Å². The number of halogens is 12. The van der Waals surface area contributed by atoms with Crippen molar-refractivity contribution in [2.75, 3.05) is 13.2 Å². The minimum absolute atomic E-state index is 0.0533. The number of carbonyl (C=O) groups is 3. The number of phenolic OH excluding ortho intramolecular Hbond substituents is 1. The molecule has 5 N–H and O–H groups in total. The Bertz CT molecular complexity index is 3160. The van der Waals surface area contributed by atoms with Crippen LogP contribution < -0.4 is 45.0 Å². The minimum atomic E-state index is -5.02. The normalized spacial score (nSPS) is 14.1. The Morgan fingerprint density at radius 2 is 0.800 bits per heavy atom. The number of aromatic hydroxyl groups is 1. The standard InChI is InChI=1S/C36H40F6N2O6.C28H26F6N2O4/c1-2-47-32(45)16-4-3-7-21-48-29-19-17-25(18-20-29)24-34(44-33(46)43-28-12-5-6-13-28,26-10-8-14-30(22-26)49-35(37,38)39)27-11-9-15-31(23-27)50-36(40,41)42;29-27(30,31)39-23-9-3-5-19(15-23)26(17-18-11-13-22(37)14-12-18,36-25(38)35-21-7-1-2-8-21)20-6-4-10-24(16-20)40-28(32,33)34/h8-11,14-15,17-20,22-23,28H,2-7,12-13,16,21,24H2,1H3,(H2,43,44,46);3-6,9-16,21,37H,1-2,7-8,17H2,(H2,35,36,38). The van der Waals surface area contributed by atoms with E-state index in [4.69, 9.17) is 9.47 Å². The van der Waals surface area contributed by atoms with Gasteiger partial charge in [0.25, 0.3) is 0 Å². The van der Waals surface area contributed by atoms with Crippen LogP contribution in [0, 0.1) is 0 Å². The first kappa shape index (κ1) is 68.8. The van der Waals surface area contributed by atoms with E-state index in [1.54, 1.807) is 31.2 Å². The lowest BCUT2D eigenvalue weighted by Gasteiger charge is -2.37. The van der Waals surface area contributed by atoms with Crippen molar-refractivity contribution in [3.8, 4) is 34.5 Å². The summed E-state index contributed by atoms with van der Waals surface area (Å²) in [6, 6.07) is 30.7. The zero-order valence-corrected chi connectivity index (χ0v) is 48.5. The molecule has 0 aliphatic heterocycles. The van der Waals surface area contributed by atoms with Gasteiger partial charge in [-0.25, -0.2) is 9.59 Å². The quantitative estimate of drug-likeness (QED) is 0.0223. The number of hydrogen-bond acceptors (Lipinski definition) is 10. The van der Waals surface area contributed by atoms with Gasteiger partial charge < -0.3 is 54.8 Å². The Kier molecular flexibility index (Phi) is 23.4. The van der Waals surface area contributed by atoms with Gasteiger partial charge in [-0.2, -0.15) is 0 Å². The third kappa shape index (κ3) is 21.8. The molecule has 4 amide bonds. The second-order valence-electron chi connectivity index (χ2n) is 21.4. The summed E-state index contributed by atoms with van der Waals surface area (Å²) in [6.07, 6.45) is -11.2. The Morgan fingerprint density at radius 3 is 1.13 bits per heavy atom. The molecule has 14 nitrogen and oxygen atoms in total. The van der Waals surface area contributed by atoms with Crippen LogP contribution in [-0.4, -0.2) is 73.9 Å². The van der Waals surface area contributed by atoms with Crippen LogP contribution in [0.2, 0.25) is 0 Å². The number of carbonyl (C=O) groups excluding carboxylic acids is 3. The number of ether oxygens (including phenoxy) is 6. The molecule has 0 radical (unpaired) electrons. The highest BCUT2D eigenvalue weighted by atomic mass is 19.4. The van der Waals surface area contributed by atoms with Gasteiger partial charge in [0.05, 0.1) is 24.3 Å². The third-order valence-electron chi connectivity index (χ3n) is 14.7. The smallest absolute Gasteiger partial charge is 0.508 e. The third-order valence-corrected chi connectivity index (χ3v) is 14.7. The Labute approximate surface area is 510 Å². The molecule has 0 heterocycles. The van der Waals surface area contributed by atoms with E-state index >= 15 is 0 Å². The highest BCUT2D eigenvalue weighted by Gasteiger charge is 2.42. The van der Waals surface area contributed by atoms with E-state index in [1.807, 2.05) is 0 Å². The number of rotatable bonds is 24. The summed E-state index contributed by atoms with van der Waals surface area (Å²) in [5.41, 5.74) is -1.86. The largest absolute Gasteiger partial charge is 0.573 e. The number of hydrogen-bond donors (Lipinski definition) is 5. The number of amides is 4. The van der Waals surface area contributed by atoms with Gasteiger partial charge >= 0.3 is 43.5 Å². The SMILES string of the molecule is CCOC(=O)CCCCCOc1ccc(CC(NC(=O)NC2CCCC2)(c2cccc(OC(F)(F)F)c2)c2cccc(OC(F)(F)F)c2)cc1.O=C(NC1CCCC1)NC(Cc1ccc(O)cc1)(c1cccc(OC(F)(F)F)c1)c1cccc(OC(F)(F)F)c1. The summed E-state index contributed by atoms with van der Waals surface area (Å²) in [5.74, 6) is -2.09. The van der Waals surface area contributed by atoms with Crippen LogP contribution in [0.1, 0.15) is 117 Å². The molecule has 0 atom stereocenters. The molecular formula is C64H66F12N4O10. The van der Waals surface area contributed by atoms with Crippen LogP contribution in [0.5, 0.6) is 34.5 Å². The summed E-state index contributed by atoms with van der Waals surface area (Å²) >= 11 is 0. The number of urea groups is 2. The fourth-order valence-electron chi connectivity index (χ4n) is 10.8. The van der Waals surface area contributed by atoms with Crippen molar-refractivity contribution in [1.82, 2.24) is 21.3 Å². The number of benzene rings is 6. The summed E-state index contributed by atoms with van der Waals surface area (Å²) < 4.78 is 185. The maximum Gasteiger partial charge on any atom is 0.573 e. The molecule has 6 aromatic rings. The van der Waals surface area contributed by atoms with E-state index in [9.17, 15) is 72.2 Å². The molecule has 6 aromatic carbocycles. The second kappa shape index (κ2) is 30.7. The molecular weight excluding hydrogens is 1210 g/mol. The zero-order chi connectivity index (χ0) is 65.2. The molecule has 2 aliphatic rings. The van der Waals surface area contributed by atoms with Crippen LogP contribution >= 0.6 is 0 Å². The van der Waals surface area contributed by atoms with Crippen molar-refractivity contribution in [2.24, 2.45) is 0 Å². The number of nitrogens with one attached hydrogen (secondary N) is 4.